The van der Waals surface area contributed by atoms with Gasteiger partial charge in [-0.25, -0.2) is 0 Å². The molecule has 4 aliphatic rings. The number of hydrogen-bond donors (Lipinski definition) is 3. The number of hydrogen-bond acceptors (Lipinski definition) is 4. The maximum Gasteiger partial charge on any atom is 0.166 e. The predicted octanol–water partition coefficient (Wildman–Crippen LogP) is 2.81. The van der Waals surface area contributed by atoms with Crippen LogP contribution in [0.1, 0.15) is 49.7 Å². The van der Waals surface area contributed by atoms with Crippen molar-refractivity contribution in [1.29, 1.82) is 0 Å². The first-order valence-corrected chi connectivity index (χ1v) is 9.68. The molecule has 0 unspecified atom stereocenters. The summed E-state index contributed by atoms with van der Waals surface area (Å²) in [7, 11) is 0. The highest BCUT2D eigenvalue weighted by Gasteiger charge is 2.66. The Morgan fingerprint density at radius 3 is 2.84 bits per heavy atom. The van der Waals surface area contributed by atoms with Gasteiger partial charge in [0.2, 0.25) is 0 Å². The first-order valence-electron chi connectivity index (χ1n) is 9.68. The average molecular weight is 341 g/mol. The number of aromatic hydroxyl groups is 1. The molecule has 5 rings (SSSR count). The van der Waals surface area contributed by atoms with Crippen molar-refractivity contribution < 1.29 is 14.9 Å². The molecule has 2 fully saturated rings. The van der Waals surface area contributed by atoms with Crippen molar-refractivity contribution in [2.75, 3.05) is 13.1 Å². The number of phenols is 1. The van der Waals surface area contributed by atoms with Gasteiger partial charge in [0.05, 0.1) is 11.0 Å². The summed E-state index contributed by atoms with van der Waals surface area (Å²) in [5.41, 5.74) is 2.08. The van der Waals surface area contributed by atoms with Crippen molar-refractivity contribution in [2.24, 2.45) is 5.92 Å². The summed E-state index contributed by atoms with van der Waals surface area (Å²) in [6.07, 6.45) is 6.42. The van der Waals surface area contributed by atoms with Crippen molar-refractivity contribution >= 4 is 0 Å². The third-order valence-electron chi connectivity index (χ3n) is 7.05. The topological polar surface area (TPSA) is 61.7 Å². The van der Waals surface area contributed by atoms with Crippen LogP contribution in [0.3, 0.4) is 0 Å². The third kappa shape index (κ3) is 2.07. The lowest BCUT2D eigenvalue weighted by molar-refractivity contribution is -0.101. The van der Waals surface area contributed by atoms with E-state index in [1.165, 1.54) is 18.4 Å². The highest BCUT2D eigenvalue weighted by atomic mass is 16.5. The molecule has 0 amide bonds. The van der Waals surface area contributed by atoms with Crippen molar-refractivity contribution in [2.45, 2.75) is 62.1 Å². The second kappa shape index (κ2) is 5.24. The minimum absolute atomic E-state index is 0.190. The van der Waals surface area contributed by atoms with Gasteiger partial charge in [0.1, 0.15) is 6.10 Å². The van der Waals surface area contributed by atoms with Gasteiger partial charge in [-0.15, -0.1) is 0 Å². The maximum atomic E-state index is 11.7. The summed E-state index contributed by atoms with van der Waals surface area (Å²) < 4.78 is 6.27. The van der Waals surface area contributed by atoms with Gasteiger partial charge in [0.25, 0.3) is 0 Å². The van der Waals surface area contributed by atoms with Crippen LogP contribution >= 0.6 is 0 Å². The predicted molar refractivity (Wildman–Crippen MR) is 96.1 cm³/mol. The average Bonchev–Trinajstić information content (AvgIpc) is 3.35. The number of phenolic OH excluding ortho intramolecular Hbond substituents is 1. The number of ether oxygens (including phenoxy) is 1. The molecule has 4 nitrogen and oxygen atoms in total. The van der Waals surface area contributed by atoms with E-state index in [9.17, 15) is 10.2 Å². The standard InChI is InChI=1S/C21H27NO3/c1-13-6-8-20(24)9-7-15-4-5-16(23)18-17(15)21(20,19(13)25-18)10-11-22-12-14-2-3-14/h4-5,14,19,22-24H,1-3,6-12H2/t19-,20+,21-/m0/s1. The van der Waals surface area contributed by atoms with Gasteiger partial charge in [0.15, 0.2) is 11.5 Å². The van der Waals surface area contributed by atoms with E-state index < -0.39 is 11.0 Å². The van der Waals surface area contributed by atoms with E-state index in [0.717, 1.165) is 62.2 Å². The van der Waals surface area contributed by atoms with Gasteiger partial charge in [0, 0.05) is 5.56 Å². The molecule has 0 radical (unpaired) electrons. The number of aliphatic hydroxyl groups is 1. The van der Waals surface area contributed by atoms with Crippen LogP contribution in [0.2, 0.25) is 0 Å². The zero-order valence-electron chi connectivity index (χ0n) is 14.7. The van der Waals surface area contributed by atoms with Gasteiger partial charge in [-0.1, -0.05) is 12.6 Å². The zero-order chi connectivity index (χ0) is 17.2. The lowest BCUT2D eigenvalue weighted by atomic mass is 9.52. The fourth-order valence-corrected chi connectivity index (χ4v) is 5.50. The van der Waals surface area contributed by atoms with Crippen LogP contribution in [0.25, 0.3) is 0 Å². The Hall–Kier alpha value is -1.52. The van der Waals surface area contributed by atoms with E-state index in [0.29, 0.717) is 5.75 Å². The van der Waals surface area contributed by atoms with Crippen molar-refractivity contribution in [3.8, 4) is 11.5 Å². The molecule has 0 spiro atoms. The number of aryl methyl sites for hydroxylation is 1. The fourth-order valence-electron chi connectivity index (χ4n) is 5.50. The number of rotatable bonds is 5. The van der Waals surface area contributed by atoms with Crippen molar-refractivity contribution in [1.82, 2.24) is 5.32 Å². The van der Waals surface area contributed by atoms with E-state index in [1.54, 1.807) is 6.07 Å². The minimum Gasteiger partial charge on any atom is -0.504 e. The first kappa shape index (κ1) is 15.7. The van der Waals surface area contributed by atoms with E-state index in [1.807, 2.05) is 6.07 Å². The van der Waals surface area contributed by atoms with Crippen LogP contribution in [0.4, 0.5) is 0 Å². The summed E-state index contributed by atoms with van der Waals surface area (Å²) in [6.45, 7) is 6.19. The molecular weight excluding hydrogens is 314 g/mol. The monoisotopic (exact) mass is 341 g/mol. The molecule has 4 heteroatoms. The molecule has 2 saturated carbocycles. The van der Waals surface area contributed by atoms with Crippen LogP contribution in [0.5, 0.6) is 11.5 Å². The van der Waals surface area contributed by atoms with Gasteiger partial charge < -0.3 is 20.3 Å². The summed E-state index contributed by atoms with van der Waals surface area (Å²) in [6, 6.07) is 3.74. The molecule has 0 aromatic heterocycles. The Balaban J connectivity index is 1.58. The van der Waals surface area contributed by atoms with Crippen LogP contribution < -0.4 is 10.1 Å². The SMILES string of the molecule is C=C1CC[C@@]2(O)CCc3ccc(O)c4c3[C@@]2(CCNCC2CC2)[C@H]1O4. The normalized spacial score (nSPS) is 35.4. The molecule has 1 aliphatic heterocycles. The lowest BCUT2D eigenvalue weighted by Gasteiger charge is -2.54. The minimum atomic E-state index is -0.772. The largest absolute Gasteiger partial charge is 0.504 e. The Morgan fingerprint density at radius 1 is 1.24 bits per heavy atom. The Kier molecular flexibility index (Phi) is 3.29. The second-order valence-electron chi connectivity index (χ2n) is 8.50. The summed E-state index contributed by atoms with van der Waals surface area (Å²) >= 11 is 0. The molecule has 1 aromatic carbocycles. The van der Waals surface area contributed by atoms with Crippen molar-refractivity contribution in [3.05, 3.63) is 35.4 Å². The van der Waals surface area contributed by atoms with E-state index in [4.69, 9.17) is 4.74 Å². The van der Waals surface area contributed by atoms with Crippen molar-refractivity contribution in [3.63, 3.8) is 0 Å². The van der Waals surface area contributed by atoms with Crippen LogP contribution in [-0.4, -0.2) is 35.0 Å². The molecule has 134 valence electrons. The molecule has 0 bridgehead atoms. The smallest absolute Gasteiger partial charge is 0.166 e. The quantitative estimate of drug-likeness (QED) is 0.569. The highest BCUT2D eigenvalue weighted by molar-refractivity contribution is 5.62. The summed E-state index contributed by atoms with van der Waals surface area (Å²) in [5.74, 6) is 1.62. The lowest BCUT2D eigenvalue weighted by Crippen LogP contribution is -2.63. The van der Waals surface area contributed by atoms with Crippen LogP contribution in [0, 0.1) is 5.92 Å². The molecular formula is C21H27NO3. The van der Waals surface area contributed by atoms with Gasteiger partial charge >= 0.3 is 0 Å². The summed E-state index contributed by atoms with van der Waals surface area (Å²) in [5, 5.41) is 25.7. The zero-order valence-corrected chi connectivity index (χ0v) is 14.7. The van der Waals surface area contributed by atoms with Gasteiger partial charge in [-0.3, -0.25) is 0 Å². The third-order valence-corrected chi connectivity index (χ3v) is 7.05. The van der Waals surface area contributed by atoms with Crippen LogP contribution in [0.15, 0.2) is 24.3 Å². The maximum absolute atomic E-state index is 11.7. The second-order valence-corrected chi connectivity index (χ2v) is 8.50. The highest BCUT2D eigenvalue weighted by Crippen LogP contribution is 2.63. The first-order chi connectivity index (χ1) is 12.1. The molecule has 0 saturated heterocycles. The molecule has 25 heavy (non-hydrogen) atoms. The fraction of sp³-hybridized carbons (Fsp3) is 0.619. The molecule has 1 aromatic rings. The van der Waals surface area contributed by atoms with Gasteiger partial charge in [-0.05, 0) is 81.2 Å². The van der Waals surface area contributed by atoms with E-state index >= 15 is 0 Å². The van der Waals surface area contributed by atoms with Crippen LogP contribution in [-0.2, 0) is 11.8 Å². The molecule has 1 heterocycles. The molecule has 3 aliphatic carbocycles. The van der Waals surface area contributed by atoms with E-state index in [-0.39, 0.29) is 11.9 Å². The van der Waals surface area contributed by atoms with E-state index in [2.05, 4.69) is 11.9 Å². The summed E-state index contributed by atoms with van der Waals surface area (Å²) in [4.78, 5) is 0. The Morgan fingerprint density at radius 2 is 2.04 bits per heavy atom. The van der Waals surface area contributed by atoms with Gasteiger partial charge in [-0.2, -0.15) is 0 Å². The Labute approximate surface area is 148 Å². The molecule has 3 N–H and O–H groups in total. The molecule has 3 atom stereocenters. The Bertz CT molecular complexity index is 741. The number of nitrogens with one attached hydrogen (secondary N) is 1. The number of benzene rings is 1.